The first-order valence-electron chi connectivity index (χ1n) is 9.05. The Bertz CT molecular complexity index is 594. The van der Waals surface area contributed by atoms with E-state index < -0.39 is 5.60 Å². The normalized spacial score (nSPS) is 27.4. The lowest BCUT2D eigenvalue weighted by Crippen LogP contribution is -2.58. The Balaban J connectivity index is 1.31. The lowest BCUT2D eigenvalue weighted by atomic mass is 9.83. The van der Waals surface area contributed by atoms with Crippen molar-refractivity contribution in [3.05, 3.63) is 11.9 Å². The van der Waals surface area contributed by atoms with Gasteiger partial charge in [0, 0.05) is 44.7 Å². The number of carbonyl (C=O) groups excluding carboxylic acids is 1. The lowest BCUT2D eigenvalue weighted by Gasteiger charge is -2.41. The van der Waals surface area contributed by atoms with Crippen LogP contribution in [0.5, 0.6) is 0 Å². The van der Waals surface area contributed by atoms with Crippen molar-refractivity contribution in [3.8, 4) is 0 Å². The first-order chi connectivity index (χ1) is 11.6. The van der Waals surface area contributed by atoms with Crippen molar-refractivity contribution >= 4 is 17.7 Å². The van der Waals surface area contributed by atoms with Crippen molar-refractivity contribution in [1.29, 1.82) is 0 Å². The number of piperidine rings is 1. The fourth-order valence-corrected chi connectivity index (χ4v) is 4.80. The summed E-state index contributed by atoms with van der Waals surface area (Å²) in [6, 6.07) is 0. The van der Waals surface area contributed by atoms with Gasteiger partial charge in [-0.1, -0.05) is 18.2 Å². The first-order valence-corrected chi connectivity index (χ1v) is 10.0. The van der Waals surface area contributed by atoms with E-state index in [9.17, 15) is 9.90 Å². The fourth-order valence-electron chi connectivity index (χ4n) is 3.83. The molecule has 0 bridgehead atoms. The molecule has 4 rings (SSSR count). The molecule has 0 spiro atoms. The van der Waals surface area contributed by atoms with Gasteiger partial charge in [-0.2, -0.15) is 0 Å². The molecule has 1 amide bonds. The van der Waals surface area contributed by atoms with Gasteiger partial charge in [0.15, 0.2) is 10.8 Å². The number of nitrogens with one attached hydrogen (secondary N) is 1. The third-order valence-electron chi connectivity index (χ3n) is 5.48. The maximum atomic E-state index is 12.7. The van der Waals surface area contributed by atoms with Crippen LogP contribution in [-0.2, 0) is 17.9 Å². The van der Waals surface area contributed by atoms with Crippen molar-refractivity contribution < 1.29 is 9.90 Å². The molecule has 2 aliphatic heterocycles. The van der Waals surface area contributed by atoms with Gasteiger partial charge in [0.25, 0.3) is 5.91 Å². The number of aliphatic hydroxyl groups is 1. The molecule has 6 nitrogen and oxygen atoms in total. The Morgan fingerprint density at radius 1 is 1.38 bits per heavy atom. The molecule has 0 radical (unpaired) electrons. The highest BCUT2D eigenvalue weighted by molar-refractivity contribution is 7.99. The Morgan fingerprint density at radius 2 is 2.25 bits per heavy atom. The van der Waals surface area contributed by atoms with Gasteiger partial charge in [-0.3, -0.25) is 4.79 Å². The summed E-state index contributed by atoms with van der Waals surface area (Å²) in [7, 11) is 0. The quantitative estimate of drug-likeness (QED) is 0.808. The van der Waals surface area contributed by atoms with Crippen molar-refractivity contribution in [2.75, 3.05) is 25.4 Å². The number of fused-ring (bicyclic) bond motifs is 1. The molecule has 1 aromatic rings. The van der Waals surface area contributed by atoms with Gasteiger partial charge in [-0.05, 0) is 31.6 Å². The highest BCUT2D eigenvalue weighted by Gasteiger charge is 2.42. The number of likely N-dealkylation sites (tertiary alicyclic amines) is 1. The molecule has 0 aromatic carbocycles. The summed E-state index contributed by atoms with van der Waals surface area (Å²) in [5, 5.41) is 15.2. The van der Waals surface area contributed by atoms with Crippen molar-refractivity contribution in [2.24, 2.45) is 5.92 Å². The standard InChI is InChI=1S/C17H26N4O2S/c22-15-17(23,5-2-6-20(15)10-13-3-1-4-13)12-18-9-14-11-21-7-8-24-16(21)19-14/h11,13,18,23H,1-10,12H2. The van der Waals surface area contributed by atoms with E-state index in [-0.39, 0.29) is 5.91 Å². The average molecular weight is 350 g/mol. The smallest absolute Gasteiger partial charge is 0.255 e. The Morgan fingerprint density at radius 3 is 3.00 bits per heavy atom. The summed E-state index contributed by atoms with van der Waals surface area (Å²) >= 11 is 1.78. The van der Waals surface area contributed by atoms with Gasteiger partial charge in [-0.15, -0.1) is 0 Å². The molecular formula is C17H26N4O2S. The number of hydrogen-bond acceptors (Lipinski definition) is 5. The van der Waals surface area contributed by atoms with E-state index in [0.29, 0.717) is 25.4 Å². The van der Waals surface area contributed by atoms with Crippen molar-refractivity contribution in [2.45, 2.75) is 56.0 Å². The van der Waals surface area contributed by atoms with Crippen LogP contribution in [0, 0.1) is 5.92 Å². The highest BCUT2D eigenvalue weighted by atomic mass is 32.2. The van der Waals surface area contributed by atoms with Crippen LogP contribution in [0.1, 0.15) is 37.8 Å². The number of imidazole rings is 1. The number of thioether (sulfide) groups is 1. The number of aryl methyl sites for hydroxylation is 1. The molecule has 3 aliphatic rings. The number of nitrogens with zero attached hydrogens (tertiary/aromatic N) is 3. The van der Waals surface area contributed by atoms with Gasteiger partial charge in [0.2, 0.25) is 0 Å². The highest BCUT2D eigenvalue weighted by Crippen LogP contribution is 2.30. The van der Waals surface area contributed by atoms with Gasteiger partial charge in [0.05, 0.1) is 5.69 Å². The van der Waals surface area contributed by atoms with Gasteiger partial charge in [-0.25, -0.2) is 4.98 Å². The third kappa shape index (κ3) is 3.21. The van der Waals surface area contributed by atoms with Crippen LogP contribution in [0.15, 0.2) is 11.4 Å². The van der Waals surface area contributed by atoms with Crippen LogP contribution >= 0.6 is 11.8 Å². The second-order valence-corrected chi connectivity index (χ2v) is 8.41. The summed E-state index contributed by atoms with van der Waals surface area (Å²) in [5.74, 6) is 1.66. The summed E-state index contributed by atoms with van der Waals surface area (Å²) in [4.78, 5) is 19.2. The van der Waals surface area contributed by atoms with E-state index in [1.807, 2.05) is 4.90 Å². The first kappa shape index (κ1) is 16.4. The van der Waals surface area contributed by atoms with Crippen LogP contribution in [0.2, 0.25) is 0 Å². The molecule has 3 heterocycles. The molecule has 132 valence electrons. The molecule has 2 fully saturated rings. The summed E-state index contributed by atoms with van der Waals surface area (Å²) in [5.41, 5.74) is -0.269. The molecule has 7 heteroatoms. The minimum atomic E-state index is -1.25. The average Bonchev–Trinajstić information content (AvgIpc) is 3.08. The summed E-state index contributed by atoms with van der Waals surface area (Å²) in [6.07, 6.45) is 7.23. The van der Waals surface area contributed by atoms with Crippen molar-refractivity contribution in [3.63, 3.8) is 0 Å². The molecule has 1 aliphatic carbocycles. The Labute approximate surface area is 147 Å². The number of amides is 1. The number of carbonyl (C=O) groups is 1. The molecule has 1 unspecified atom stereocenters. The maximum Gasteiger partial charge on any atom is 0.255 e. The molecule has 1 saturated heterocycles. The van der Waals surface area contributed by atoms with Crippen LogP contribution in [-0.4, -0.2) is 56.5 Å². The van der Waals surface area contributed by atoms with Gasteiger partial charge >= 0.3 is 0 Å². The number of hydrogen-bond donors (Lipinski definition) is 2. The minimum absolute atomic E-state index is 0.0870. The SMILES string of the molecule is O=C1N(CC2CCC2)CCCC1(O)CNCc1cn2c(n1)SCC2. The van der Waals surface area contributed by atoms with E-state index >= 15 is 0 Å². The predicted molar refractivity (Wildman–Crippen MR) is 92.8 cm³/mol. The van der Waals surface area contributed by atoms with E-state index in [4.69, 9.17) is 0 Å². The van der Waals surface area contributed by atoms with Crippen LogP contribution in [0.25, 0.3) is 0 Å². The molecule has 24 heavy (non-hydrogen) atoms. The zero-order chi connectivity index (χ0) is 16.6. The Hall–Kier alpha value is -1.05. The Kier molecular flexibility index (Phi) is 4.58. The summed E-state index contributed by atoms with van der Waals surface area (Å²) < 4.78 is 2.17. The van der Waals surface area contributed by atoms with Crippen LogP contribution in [0.3, 0.4) is 0 Å². The number of aromatic nitrogens is 2. The second-order valence-electron chi connectivity index (χ2n) is 7.34. The van der Waals surface area contributed by atoms with E-state index in [1.54, 1.807) is 11.8 Å². The predicted octanol–water partition coefficient (Wildman–Crippen LogP) is 1.23. The van der Waals surface area contributed by atoms with Crippen LogP contribution in [0.4, 0.5) is 0 Å². The second kappa shape index (κ2) is 6.69. The monoisotopic (exact) mass is 350 g/mol. The summed E-state index contributed by atoms with van der Waals surface area (Å²) in [6.45, 7) is 3.54. The van der Waals surface area contributed by atoms with Gasteiger partial charge < -0.3 is 19.9 Å². The number of rotatable bonds is 6. The molecule has 1 saturated carbocycles. The van der Waals surface area contributed by atoms with E-state index in [2.05, 4.69) is 21.1 Å². The largest absolute Gasteiger partial charge is 0.379 e. The molecular weight excluding hydrogens is 324 g/mol. The lowest BCUT2D eigenvalue weighted by molar-refractivity contribution is -0.157. The van der Waals surface area contributed by atoms with Crippen molar-refractivity contribution in [1.82, 2.24) is 19.8 Å². The topological polar surface area (TPSA) is 70.4 Å². The fraction of sp³-hybridized carbons (Fsp3) is 0.765. The van der Waals surface area contributed by atoms with E-state index in [1.165, 1.54) is 19.3 Å². The third-order valence-corrected chi connectivity index (χ3v) is 6.45. The van der Waals surface area contributed by atoms with Crippen LogP contribution < -0.4 is 5.32 Å². The van der Waals surface area contributed by atoms with E-state index in [0.717, 1.165) is 42.7 Å². The zero-order valence-electron chi connectivity index (χ0n) is 14.0. The molecule has 1 aromatic heterocycles. The minimum Gasteiger partial charge on any atom is -0.379 e. The zero-order valence-corrected chi connectivity index (χ0v) is 14.9. The van der Waals surface area contributed by atoms with Gasteiger partial charge in [0.1, 0.15) is 0 Å². The molecule has 2 N–H and O–H groups in total. The molecule has 1 atom stereocenters. The maximum absolute atomic E-state index is 12.7.